The van der Waals surface area contributed by atoms with Crippen molar-refractivity contribution < 1.29 is 4.74 Å². The summed E-state index contributed by atoms with van der Waals surface area (Å²) >= 11 is 0. The molecule has 1 heterocycles. The summed E-state index contributed by atoms with van der Waals surface area (Å²) in [5.74, 6) is 2.46. The van der Waals surface area contributed by atoms with Crippen molar-refractivity contribution in [2.45, 2.75) is 33.4 Å². The van der Waals surface area contributed by atoms with Crippen LogP contribution in [0.25, 0.3) is 0 Å². The number of likely N-dealkylation sites (tertiary alicyclic amines) is 1. The first-order valence-electron chi connectivity index (χ1n) is 8.15. The van der Waals surface area contributed by atoms with E-state index in [1.807, 2.05) is 7.05 Å². The van der Waals surface area contributed by atoms with Gasteiger partial charge in [-0.25, -0.2) is 0 Å². The minimum Gasteiger partial charge on any atom is -0.380 e. The molecule has 1 aliphatic rings. The maximum Gasteiger partial charge on any atom is 0.193 e. The molecule has 2 atom stereocenters. The predicted octanol–water partition coefficient (Wildman–Crippen LogP) is 3.50. The van der Waals surface area contributed by atoms with E-state index in [0.717, 1.165) is 37.4 Å². The molecule has 1 saturated heterocycles. The fourth-order valence-corrected chi connectivity index (χ4v) is 3.37. The molecule has 1 aromatic rings. The van der Waals surface area contributed by atoms with Crippen LogP contribution in [0.4, 0.5) is 0 Å². The number of benzene rings is 1. The van der Waals surface area contributed by atoms with Gasteiger partial charge in [0.15, 0.2) is 5.96 Å². The van der Waals surface area contributed by atoms with E-state index in [1.165, 1.54) is 17.5 Å². The molecule has 1 N–H and O–H groups in total. The van der Waals surface area contributed by atoms with Crippen molar-refractivity contribution in [2.24, 2.45) is 16.8 Å². The van der Waals surface area contributed by atoms with Crippen LogP contribution in [0.2, 0.25) is 0 Å². The fraction of sp³-hybridized carbons (Fsp3) is 0.611. The zero-order valence-corrected chi connectivity index (χ0v) is 17.0. The van der Waals surface area contributed by atoms with E-state index >= 15 is 0 Å². The molecule has 0 bridgehead atoms. The molecular formula is C18H30IN3O. The summed E-state index contributed by atoms with van der Waals surface area (Å²) in [6, 6.07) is 8.40. The summed E-state index contributed by atoms with van der Waals surface area (Å²) in [7, 11) is 3.60. The average molecular weight is 431 g/mol. The average Bonchev–Trinajstić information content (AvgIpc) is 2.49. The highest BCUT2D eigenvalue weighted by atomic mass is 127. The van der Waals surface area contributed by atoms with E-state index < -0.39 is 0 Å². The van der Waals surface area contributed by atoms with Gasteiger partial charge in [0, 0.05) is 33.8 Å². The zero-order valence-electron chi connectivity index (χ0n) is 14.7. The third-order valence-corrected chi connectivity index (χ3v) is 4.24. The number of methoxy groups -OCH3 is 1. The van der Waals surface area contributed by atoms with E-state index in [9.17, 15) is 0 Å². The first kappa shape index (κ1) is 20.2. The molecule has 5 heteroatoms. The monoisotopic (exact) mass is 431 g/mol. The number of hydrogen-bond acceptors (Lipinski definition) is 2. The van der Waals surface area contributed by atoms with Crippen LogP contribution in [0.1, 0.15) is 31.4 Å². The van der Waals surface area contributed by atoms with Gasteiger partial charge in [-0.3, -0.25) is 4.99 Å². The zero-order chi connectivity index (χ0) is 15.9. The minimum absolute atomic E-state index is 0. The number of nitrogens with one attached hydrogen (secondary N) is 1. The Bertz CT molecular complexity index is 497. The molecule has 1 aliphatic heterocycles. The number of aliphatic imine (C=N–C) groups is 1. The van der Waals surface area contributed by atoms with Gasteiger partial charge in [-0.2, -0.15) is 0 Å². The highest BCUT2D eigenvalue weighted by molar-refractivity contribution is 14.0. The number of nitrogens with zero attached hydrogens (tertiary/aromatic N) is 2. The second-order valence-electron chi connectivity index (χ2n) is 6.45. The van der Waals surface area contributed by atoms with Gasteiger partial charge < -0.3 is 15.0 Å². The molecule has 1 aromatic carbocycles. The molecule has 130 valence electrons. The Morgan fingerprint density at radius 2 is 1.83 bits per heavy atom. The molecule has 0 radical (unpaired) electrons. The normalized spacial score (nSPS) is 21.7. The van der Waals surface area contributed by atoms with Crippen LogP contribution in [0, 0.1) is 11.8 Å². The van der Waals surface area contributed by atoms with Crippen LogP contribution in [0.3, 0.4) is 0 Å². The van der Waals surface area contributed by atoms with Crippen molar-refractivity contribution in [2.75, 3.05) is 27.2 Å². The molecule has 0 aliphatic carbocycles. The predicted molar refractivity (Wildman–Crippen MR) is 107 cm³/mol. The summed E-state index contributed by atoms with van der Waals surface area (Å²) < 4.78 is 5.28. The summed E-state index contributed by atoms with van der Waals surface area (Å²) in [5, 5.41) is 3.52. The lowest BCUT2D eigenvalue weighted by molar-refractivity contribution is 0.184. The van der Waals surface area contributed by atoms with Crippen LogP contribution in [-0.4, -0.2) is 38.1 Å². The minimum atomic E-state index is 0. The SMILES string of the molecule is CN=C(NCc1ccccc1COC)N1CC(C)CC(C)C1.I. The van der Waals surface area contributed by atoms with Gasteiger partial charge in [0.1, 0.15) is 0 Å². The second-order valence-corrected chi connectivity index (χ2v) is 6.45. The second kappa shape index (κ2) is 10.1. The topological polar surface area (TPSA) is 36.9 Å². The number of piperidine rings is 1. The Hall–Kier alpha value is -0.820. The van der Waals surface area contributed by atoms with Gasteiger partial charge in [-0.1, -0.05) is 38.1 Å². The van der Waals surface area contributed by atoms with Gasteiger partial charge in [0.05, 0.1) is 6.61 Å². The Kier molecular flexibility index (Phi) is 8.91. The maximum absolute atomic E-state index is 5.28. The van der Waals surface area contributed by atoms with Crippen molar-refractivity contribution in [1.82, 2.24) is 10.2 Å². The van der Waals surface area contributed by atoms with E-state index in [1.54, 1.807) is 7.11 Å². The quantitative estimate of drug-likeness (QED) is 0.451. The van der Waals surface area contributed by atoms with Gasteiger partial charge >= 0.3 is 0 Å². The van der Waals surface area contributed by atoms with Crippen molar-refractivity contribution in [3.8, 4) is 0 Å². The van der Waals surface area contributed by atoms with Crippen LogP contribution < -0.4 is 5.32 Å². The third-order valence-electron chi connectivity index (χ3n) is 4.24. The summed E-state index contributed by atoms with van der Waals surface area (Å²) in [5.41, 5.74) is 2.50. The van der Waals surface area contributed by atoms with Crippen molar-refractivity contribution in [1.29, 1.82) is 0 Å². The summed E-state index contributed by atoms with van der Waals surface area (Å²) in [6.07, 6.45) is 1.31. The first-order chi connectivity index (χ1) is 10.6. The van der Waals surface area contributed by atoms with Gasteiger partial charge in [-0.05, 0) is 29.4 Å². The highest BCUT2D eigenvalue weighted by Gasteiger charge is 2.23. The first-order valence-corrected chi connectivity index (χ1v) is 8.15. The lowest BCUT2D eigenvalue weighted by Gasteiger charge is -2.37. The Morgan fingerprint density at radius 3 is 2.39 bits per heavy atom. The summed E-state index contributed by atoms with van der Waals surface area (Å²) in [4.78, 5) is 6.86. The highest BCUT2D eigenvalue weighted by Crippen LogP contribution is 2.21. The number of rotatable bonds is 4. The lowest BCUT2D eigenvalue weighted by Crippen LogP contribution is -2.48. The Labute approximate surface area is 157 Å². The number of guanidine groups is 1. The molecule has 0 amide bonds. The van der Waals surface area contributed by atoms with E-state index in [2.05, 4.69) is 53.3 Å². The molecule has 2 unspecified atom stereocenters. The lowest BCUT2D eigenvalue weighted by atomic mass is 9.92. The Balaban J connectivity index is 0.00000264. The van der Waals surface area contributed by atoms with Crippen LogP contribution in [-0.2, 0) is 17.9 Å². The van der Waals surface area contributed by atoms with Gasteiger partial charge in [-0.15, -0.1) is 24.0 Å². The molecule has 23 heavy (non-hydrogen) atoms. The molecule has 0 saturated carbocycles. The molecule has 0 spiro atoms. The molecule has 0 aromatic heterocycles. The standard InChI is InChI=1S/C18H29N3O.HI/c1-14-9-15(2)12-21(11-14)18(19-3)20-10-16-7-5-6-8-17(16)13-22-4;/h5-8,14-15H,9-13H2,1-4H3,(H,19,20);1H. The number of halogens is 1. The van der Waals surface area contributed by atoms with Crippen molar-refractivity contribution in [3.63, 3.8) is 0 Å². The number of hydrogen-bond donors (Lipinski definition) is 1. The molecule has 2 rings (SSSR count). The van der Waals surface area contributed by atoms with Gasteiger partial charge in [0.2, 0.25) is 0 Å². The third kappa shape index (κ3) is 5.95. The Morgan fingerprint density at radius 1 is 1.22 bits per heavy atom. The fourth-order valence-electron chi connectivity index (χ4n) is 3.37. The molecule has 4 nitrogen and oxygen atoms in total. The smallest absolute Gasteiger partial charge is 0.193 e. The van der Waals surface area contributed by atoms with Crippen molar-refractivity contribution >= 4 is 29.9 Å². The van der Waals surface area contributed by atoms with Gasteiger partial charge in [0.25, 0.3) is 0 Å². The van der Waals surface area contributed by atoms with E-state index in [-0.39, 0.29) is 24.0 Å². The van der Waals surface area contributed by atoms with E-state index in [4.69, 9.17) is 4.74 Å². The van der Waals surface area contributed by atoms with Crippen molar-refractivity contribution in [3.05, 3.63) is 35.4 Å². The van der Waals surface area contributed by atoms with Crippen LogP contribution in [0.15, 0.2) is 29.3 Å². The molecular weight excluding hydrogens is 401 g/mol. The maximum atomic E-state index is 5.28. The van der Waals surface area contributed by atoms with Crippen LogP contribution >= 0.6 is 24.0 Å². The molecule has 1 fully saturated rings. The summed E-state index contributed by atoms with van der Waals surface area (Å²) in [6.45, 7) is 8.25. The number of ether oxygens (including phenoxy) is 1. The largest absolute Gasteiger partial charge is 0.380 e. The van der Waals surface area contributed by atoms with Crippen LogP contribution in [0.5, 0.6) is 0 Å². The van der Waals surface area contributed by atoms with E-state index in [0.29, 0.717) is 6.61 Å².